The molecule has 5 rings (SSSR count). The van der Waals surface area contributed by atoms with Crippen molar-refractivity contribution in [2.75, 3.05) is 17.2 Å². The molecule has 1 saturated carbocycles. The molecule has 1 aliphatic carbocycles. The van der Waals surface area contributed by atoms with Crippen LogP contribution in [0.25, 0.3) is 10.9 Å². The summed E-state index contributed by atoms with van der Waals surface area (Å²) in [6, 6.07) is 13.6. The largest absolute Gasteiger partial charge is 0.383 e. The zero-order valence-corrected chi connectivity index (χ0v) is 22.9. The summed E-state index contributed by atoms with van der Waals surface area (Å²) in [5.41, 5.74) is 11.3. The molecule has 2 aromatic carbocycles. The lowest BCUT2D eigenvalue weighted by Gasteiger charge is -2.24. The third kappa shape index (κ3) is 5.28. The van der Waals surface area contributed by atoms with Gasteiger partial charge in [-0.3, -0.25) is 9.99 Å². The molecule has 0 amide bonds. The van der Waals surface area contributed by atoms with Crippen molar-refractivity contribution >= 4 is 45.5 Å². The maximum absolute atomic E-state index is 9.79. The number of nitriles is 1. The summed E-state index contributed by atoms with van der Waals surface area (Å²) in [5, 5.41) is 21.0. The van der Waals surface area contributed by atoms with Gasteiger partial charge in [-0.25, -0.2) is 0 Å². The molecule has 2 aliphatic rings. The zero-order chi connectivity index (χ0) is 26.4. The maximum atomic E-state index is 9.79. The van der Waals surface area contributed by atoms with E-state index in [0.717, 1.165) is 40.9 Å². The predicted octanol–water partition coefficient (Wildman–Crippen LogP) is 6.74. The van der Waals surface area contributed by atoms with E-state index in [2.05, 4.69) is 71.6 Å². The van der Waals surface area contributed by atoms with E-state index in [0.29, 0.717) is 27.7 Å². The molecule has 0 unspecified atom stereocenters. The van der Waals surface area contributed by atoms with Gasteiger partial charge in [0.05, 0.1) is 39.1 Å². The van der Waals surface area contributed by atoms with E-state index in [-0.39, 0.29) is 17.0 Å². The maximum Gasteiger partial charge on any atom is 0.103 e. The van der Waals surface area contributed by atoms with Gasteiger partial charge >= 0.3 is 0 Å². The van der Waals surface area contributed by atoms with Gasteiger partial charge in [-0.1, -0.05) is 62.2 Å². The Balaban J connectivity index is 1.57. The summed E-state index contributed by atoms with van der Waals surface area (Å²) in [6.07, 6.45) is 5.94. The molecule has 1 atom stereocenters. The molecule has 0 radical (unpaired) electrons. The van der Waals surface area contributed by atoms with Crippen molar-refractivity contribution in [3.63, 3.8) is 0 Å². The number of nitrogens with one attached hydrogen (secondary N) is 4. The van der Waals surface area contributed by atoms with Crippen molar-refractivity contribution in [1.29, 1.82) is 5.26 Å². The van der Waals surface area contributed by atoms with Gasteiger partial charge in [0, 0.05) is 35.0 Å². The Labute approximate surface area is 227 Å². The van der Waals surface area contributed by atoms with Gasteiger partial charge in [-0.05, 0) is 48.9 Å². The van der Waals surface area contributed by atoms with Crippen LogP contribution in [0, 0.1) is 16.7 Å². The van der Waals surface area contributed by atoms with Crippen LogP contribution in [0.5, 0.6) is 0 Å². The van der Waals surface area contributed by atoms with Crippen LogP contribution >= 0.6 is 23.2 Å². The van der Waals surface area contributed by atoms with Crippen molar-refractivity contribution in [2.24, 2.45) is 5.41 Å². The summed E-state index contributed by atoms with van der Waals surface area (Å²) in [5.74, 6) is 0. The number of pyridine rings is 1. The molecule has 9 heteroatoms. The van der Waals surface area contributed by atoms with E-state index >= 15 is 0 Å². The van der Waals surface area contributed by atoms with Crippen LogP contribution in [0.1, 0.15) is 57.7 Å². The van der Waals surface area contributed by atoms with Crippen molar-refractivity contribution in [3.8, 4) is 6.07 Å². The van der Waals surface area contributed by atoms with Gasteiger partial charge < -0.3 is 16.1 Å². The average molecular weight is 537 g/mol. The molecule has 4 N–H and O–H groups in total. The van der Waals surface area contributed by atoms with Gasteiger partial charge in [-0.2, -0.15) is 5.26 Å². The van der Waals surface area contributed by atoms with Crippen molar-refractivity contribution in [2.45, 2.75) is 52.1 Å². The number of hydrogen-bond acceptors (Lipinski definition) is 7. The molecule has 7 nitrogen and oxygen atoms in total. The fourth-order valence-electron chi connectivity index (χ4n) is 4.36. The fourth-order valence-corrected chi connectivity index (χ4v) is 4.87. The highest BCUT2D eigenvalue weighted by atomic mass is 35.5. The van der Waals surface area contributed by atoms with E-state index in [1.165, 1.54) is 0 Å². The van der Waals surface area contributed by atoms with Gasteiger partial charge in [0.25, 0.3) is 0 Å². The van der Waals surface area contributed by atoms with Gasteiger partial charge in [-0.15, -0.1) is 5.53 Å². The molecular formula is C28H31Cl2N7. The first-order valence-corrected chi connectivity index (χ1v) is 13.1. The average Bonchev–Trinajstić information content (AvgIpc) is 3.40. The van der Waals surface area contributed by atoms with Gasteiger partial charge in [0.15, 0.2) is 0 Å². The number of aromatic nitrogens is 1. The van der Waals surface area contributed by atoms with E-state index in [1.54, 1.807) is 6.20 Å². The quantitative estimate of drug-likeness (QED) is 0.266. The van der Waals surface area contributed by atoms with Crippen LogP contribution in [-0.4, -0.2) is 22.1 Å². The van der Waals surface area contributed by atoms with Crippen molar-refractivity contribution in [1.82, 2.24) is 21.0 Å². The van der Waals surface area contributed by atoms with Gasteiger partial charge in [0.2, 0.25) is 0 Å². The number of nitrogens with zero attached hydrogens (tertiary/aromatic N) is 3. The topological polar surface area (TPSA) is 88.0 Å². The highest BCUT2D eigenvalue weighted by Crippen LogP contribution is 2.43. The summed E-state index contributed by atoms with van der Waals surface area (Å²) in [6.45, 7) is 9.35. The van der Waals surface area contributed by atoms with E-state index in [4.69, 9.17) is 23.2 Å². The third-order valence-corrected chi connectivity index (χ3v) is 7.46. The van der Waals surface area contributed by atoms with Crippen molar-refractivity contribution in [3.05, 3.63) is 75.7 Å². The SMILES string of the molecule is CC(C)(C)CNc1c(C#N)cnc2c(Cl)cc(N[C@H](C3=CN(C4(C)CC4)NN3)c3ccccc3Cl)cc12. The molecule has 2 heterocycles. The number of hydrazine groups is 2. The first-order valence-electron chi connectivity index (χ1n) is 12.4. The molecular weight excluding hydrogens is 505 g/mol. The summed E-state index contributed by atoms with van der Waals surface area (Å²) < 4.78 is 0. The highest BCUT2D eigenvalue weighted by Gasteiger charge is 2.44. The van der Waals surface area contributed by atoms with Crippen LogP contribution in [-0.2, 0) is 0 Å². The standard InChI is InChI=1S/C28H31Cl2N7/c1-27(2,3)16-33-24-17(13-31)14-32-25-20(24)11-18(12-22(25)30)34-26(19-7-5-6-8-21(19)29)23-15-37(36-35-23)28(4)9-10-28/h5-8,11-12,14-15,26,34-36H,9-10,16H2,1-4H3,(H,32,33)/t26-/m0/s1. The Hall–Kier alpha value is -3.18. The molecule has 1 fully saturated rings. The lowest BCUT2D eigenvalue weighted by molar-refractivity contribution is 0.190. The number of anilines is 2. The lowest BCUT2D eigenvalue weighted by Crippen LogP contribution is -2.43. The molecule has 37 heavy (non-hydrogen) atoms. The molecule has 1 aromatic heterocycles. The lowest BCUT2D eigenvalue weighted by atomic mass is 9.96. The Bertz CT molecular complexity index is 1420. The molecule has 1 aliphatic heterocycles. The van der Waals surface area contributed by atoms with E-state index < -0.39 is 0 Å². The second kappa shape index (κ2) is 9.60. The molecule has 0 spiro atoms. The Kier molecular flexibility index (Phi) is 6.61. The predicted molar refractivity (Wildman–Crippen MR) is 151 cm³/mol. The minimum absolute atomic E-state index is 0.0226. The van der Waals surface area contributed by atoms with E-state index in [1.807, 2.05) is 36.4 Å². The first kappa shape index (κ1) is 25.5. The highest BCUT2D eigenvalue weighted by molar-refractivity contribution is 6.36. The monoisotopic (exact) mass is 535 g/mol. The number of fused-ring (bicyclic) bond motifs is 1. The number of benzene rings is 2. The smallest absolute Gasteiger partial charge is 0.103 e. The van der Waals surface area contributed by atoms with Crippen LogP contribution in [0.3, 0.4) is 0 Å². The molecule has 0 bridgehead atoms. The second-order valence-electron chi connectivity index (χ2n) is 11.2. The Morgan fingerprint density at radius 3 is 2.62 bits per heavy atom. The second-order valence-corrected chi connectivity index (χ2v) is 12.0. The van der Waals surface area contributed by atoms with Crippen LogP contribution in [0.15, 0.2) is 54.5 Å². The fraction of sp³-hybridized carbons (Fsp3) is 0.357. The van der Waals surface area contributed by atoms with E-state index in [9.17, 15) is 5.26 Å². The van der Waals surface area contributed by atoms with Crippen LogP contribution in [0.4, 0.5) is 11.4 Å². The minimum atomic E-state index is -0.278. The number of hydrogen-bond donors (Lipinski definition) is 4. The summed E-state index contributed by atoms with van der Waals surface area (Å²) >= 11 is 13.4. The van der Waals surface area contributed by atoms with Crippen LogP contribution < -0.4 is 21.6 Å². The van der Waals surface area contributed by atoms with Gasteiger partial charge in [0.1, 0.15) is 6.07 Å². The number of halogens is 2. The molecule has 3 aromatic rings. The zero-order valence-electron chi connectivity index (χ0n) is 21.4. The normalized spacial score (nSPS) is 17.1. The minimum Gasteiger partial charge on any atom is -0.383 e. The number of rotatable bonds is 7. The molecule has 192 valence electrons. The third-order valence-electron chi connectivity index (χ3n) is 6.82. The Morgan fingerprint density at radius 2 is 1.95 bits per heavy atom. The van der Waals surface area contributed by atoms with Crippen LogP contribution in [0.2, 0.25) is 10.0 Å². The summed E-state index contributed by atoms with van der Waals surface area (Å²) in [4.78, 5) is 4.49. The summed E-state index contributed by atoms with van der Waals surface area (Å²) in [7, 11) is 0. The van der Waals surface area contributed by atoms with Crippen molar-refractivity contribution < 1.29 is 0 Å². The molecule has 0 saturated heterocycles. The first-order chi connectivity index (χ1) is 17.6. The Morgan fingerprint density at radius 1 is 1.19 bits per heavy atom.